The number of aromatic nitrogens is 5. The van der Waals surface area contributed by atoms with Crippen molar-refractivity contribution in [3.63, 3.8) is 0 Å². The van der Waals surface area contributed by atoms with E-state index in [0.29, 0.717) is 55.3 Å². The van der Waals surface area contributed by atoms with Gasteiger partial charge in [0.15, 0.2) is 5.82 Å². The fraction of sp³-hybridized carbons (Fsp3) is 0.433. The molecule has 0 unspecified atom stereocenters. The van der Waals surface area contributed by atoms with Crippen LogP contribution in [-0.4, -0.2) is 69.7 Å². The number of benzene rings is 2. The summed E-state index contributed by atoms with van der Waals surface area (Å²) in [5.41, 5.74) is 1.89. The number of morpholine rings is 1. The maximum absolute atomic E-state index is 15.6. The van der Waals surface area contributed by atoms with Crippen molar-refractivity contribution in [2.24, 2.45) is 5.41 Å². The Kier molecular flexibility index (Phi) is 8.00. The zero-order valence-corrected chi connectivity index (χ0v) is 24.7. The average Bonchev–Trinajstić information content (AvgIpc) is 3.57. The van der Waals surface area contributed by atoms with Crippen LogP contribution in [0.4, 0.5) is 10.1 Å². The number of carbonyl (C=O) groups is 2. The highest BCUT2D eigenvalue weighted by atomic mass is 19.1. The SMILES string of the molecule is CCNC(=O)c1nnc(-c2cc3c(C(C)C)n[nH]c3cc2OC(=O)C(C)(C)C)n1-c1ccc(N2CCOCC2)c(F)c1. The van der Waals surface area contributed by atoms with E-state index < -0.39 is 23.1 Å². The number of carbonyl (C=O) groups excluding carboxylic acids is 2. The lowest BCUT2D eigenvalue weighted by atomic mass is 9.97. The van der Waals surface area contributed by atoms with E-state index in [2.05, 4.69) is 25.7 Å². The smallest absolute Gasteiger partial charge is 0.316 e. The molecule has 0 atom stereocenters. The standard InChI is InChI=1S/C30H36FN7O4/c1-7-32-28(39)27-36-35-26(38(27)18-8-9-23(21(31)14-18)37-10-12-41-13-11-37)20-15-19-22(33-34-25(19)17(2)3)16-24(20)42-29(40)30(4,5)6/h8-9,14-17H,7,10-13H2,1-6H3,(H,32,39)(H,33,34). The second-order valence-corrected chi connectivity index (χ2v) is 11.6. The highest BCUT2D eigenvalue weighted by Crippen LogP contribution is 2.38. The number of H-pyrrole nitrogens is 1. The number of nitrogens with zero attached hydrogens (tertiary/aromatic N) is 5. The van der Waals surface area contributed by atoms with Crippen molar-refractivity contribution in [2.45, 2.75) is 47.5 Å². The van der Waals surface area contributed by atoms with Crippen LogP contribution in [0.3, 0.4) is 0 Å². The Labute approximate surface area is 243 Å². The van der Waals surface area contributed by atoms with E-state index in [-0.39, 0.29) is 23.3 Å². The average molecular weight is 578 g/mol. The first kappa shape index (κ1) is 29.2. The van der Waals surface area contributed by atoms with Crippen molar-refractivity contribution in [3.05, 3.63) is 47.7 Å². The molecule has 1 amide bonds. The molecule has 5 rings (SSSR count). The van der Waals surface area contributed by atoms with Crippen LogP contribution in [0.2, 0.25) is 0 Å². The van der Waals surface area contributed by atoms with Gasteiger partial charge >= 0.3 is 5.97 Å². The quantitative estimate of drug-likeness (QED) is 0.241. The zero-order valence-electron chi connectivity index (χ0n) is 24.7. The maximum atomic E-state index is 15.6. The summed E-state index contributed by atoms with van der Waals surface area (Å²) in [5.74, 6) is -0.901. The Morgan fingerprint density at radius 2 is 1.88 bits per heavy atom. The molecule has 1 saturated heterocycles. The van der Waals surface area contributed by atoms with E-state index >= 15 is 4.39 Å². The van der Waals surface area contributed by atoms with Gasteiger partial charge in [-0.25, -0.2) is 4.39 Å². The molecule has 1 aliphatic heterocycles. The summed E-state index contributed by atoms with van der Waals surface area (Å²) in [7, 11) is 0. The van der Waals surface area contributed by atoms with Crippen molar-refractivity contribution in [1.29, 1.82) is 0 Å². The predicted molar refractivity (Wildman–Crippen MR) is 157 cm³/mol. The van der Waals surface area contributed by atoms with Gasteiger partial charge in [0, 0.05) is 37.2 Å². The second-order valence-electron chi connectivity index (χ2n) is 11.6. The normalized spacial score (nSPS) is 14.0. The topological polar surface area (TPSA) is 127 Å². The molecule has 0 radical (unpaired) electrons. The first-order chi connectivity index (χ1) is 20.0. The van der Waals surface area contributed by atoms with Crippen LogP contribution in [0.1, 0.15) is 63.8 Å². The summed E-state index contributed by atoms with van der Waals surface area (Å²) >= 11 is 0. The number of fused-ring (bicyclic) bond motifs is 1. The van der Waals surface area contributed by atoms with Gasteiger partial charge in [-0.3, -0.25) is 19.3 Å². The minimum Gasteiger partial charge on any atom is -0.425 e. The lowest BCUT2D eigenvalue weighted by molar-refractivity contribution is -0.142. The molecule has 3 heterocycles. The maximum Gasteiger partial charge on any atom is 0.316 e. The number of hydrogen-bond donors (Lipinski definition) is 2. The van der Waals surface area contributed by atoms with Gasteiger partial charge in [-0.15, -0.1) is 10.2 Å². The molecule has 0 bridgehead atoms. The number of esters is 1. The van der Waals surface area contributed by atoms with E-state index in [1.54, 1.807) is 45.9 Å². The predicted octanol–water partition coefficient (Wildman–Crippen LogP) is 4.61. The molecule has 0 saturated carbocycles. The van der Waals surface area contributed by atoms with Crippen LogP contribution >= 0.6 is 0 Å². The molecule has 12 heteroatoms. The number of aromatic amines is 1. The van der Waals surface area contributed by atoms with Crippen molar-refractivity contribution < 1.29 is 23.5 Å². The number of hydrogen-bond acceptors (Lipinski definition) is 8. The van der Waals surface area contributed by atoms with E-state index in [4.69, 9.17) is 9.47 Å². The third-order valence-electron chi connectivity index (χ3n) is 7.04. The minimum atomic E-state index is -0.790. The summed E-state index contributed by atoms with van der Waals surface area (Å²) < 4.78 is 28.4. The largest absolute Gasteiger partial charge is 0.425 e. The number of rotatable bonds is 7. The molecule has 42 heavy (non-hydrogen) atoms. The van der Waals surface area contributed by atoms with Gasteiger partial charge in [-0.05, 0) is 51.8 Å². The first-order valence-electron chi connectivity index (χ1n) is 14.1. The van der Waals surface area contributed by atoms with Crippen LogP contribution in [0, 0.1) is 11.2 Å². The summed E-state index contributed by atoms with van der Waals surface area (Å²) in [4.78, 5) is 28.1. The monoisotopic (exact) mass is 577 g/mol. The number of halogens is 1. The van der Waals surface area contributed by atoms with Crippen LogP contribution in [0.5, 0.6) is 5.75 Å². The molecule has 2 aromatic heterocycles. The van der Waals surface area contributed by atoms with Gasteiger partial charge in [0.2, 0.25) is 5.82 Å². The van der Waals surface area contributed by atoms with Gasteiger partial charge in [0.05, 0.1) is 46.8 Å². The summed E-state index contributed by atoms with van der Waals surface area (Å²) in [6.45, 7) is 13.7. The number of ether oxygens (including phenoxy) is 2. The molecule has 0 aliphatic carbocycles. The summed E-state index contributed by atoms with van der Waals surface area (Å²) in [6.07, 6.45) is 0. The summed E-state index contributed by atoms with van der Waals surface area (Å²) in [6, 6.07) is 8.27. The van der Waals surface area contributed by atoms with Crippen molar-refractivity contribution in [3.8, 4) is 22.8 Å². The Morgan fingerprint density at radius 1 is 1.14 bits per heavy atom. The molecule has 2 aromatic carbocycles. The number of nitrogens with one attached hydrogen (secondary N) is 2. The number of amides is 1. The van der Waals surface area contributed by atoms with E-state index in [1.807, 2.05) is 24.8 Å². The van der Waals surface area contributed by atoms with Gasteiger partial charge in [0.1, 0.15) is 11.6 Å². The third kappa shape index (κ3) is 5.58. The summed E-state index contributed by atoms with van der Waals surface area (Å²) in [5, 5.41) is 19.6. The Balaban J connectivity index is 1.72. The Bertz CT molecular complexity index is 1630. The van der Waals surface area contributed by atoms with Crippen molar-refractivity contribution in [1.82, 2.24) is 30.3 Å². The van der Waals surface area contributed by atoms with Gasteiger partial charge in [0.25, 0.3) is 5.91 Å². The van der Waals surface area contributed by atoms with Crippen LogP contribution < -0.4 is 15.0 Å². The highest BCUT2D eigenvalue weighted by molar-refractivity contribution is 5.94. The lowest BCUT2D eigenvalue weighted by Crippen LogP contribution is -2.36. The van der Waals surface area contributed by atoms with E-state index in [1.165, 1.54) is 10.6 Å². The highest BCUT2D eigenvalue weighted by Gasteiger charge is 2.29. The Morgan fingerprint density at radius 3 is 2.52 bits per heavy atom. The second kappa shape index (κ2) is 11.5. The van der Waals surface area contributed by atoms with Crippen LogP contribution in [-0.2, 0) is 9.53 Å². The van der Waals surface area contributed by atoms with Gasteiger partial charge < -0.3 is 19.7 Å². The molecule has 1 fully saturated rings. The fourth-order valence-electron chi connectivity index (χ4n) is 4.80. The molecule has 1 aliphatic rings. The lowest BCUT2D eigenvalue weighted by Gasteiger charge is -2.29. The molecule has 222 valence electrons. The van der Waals surface area contributed by atoms with Gasteiger partial charge in [-0.2, -0.15) is 5.10 Å². The minimum absolute atomic E-state index is 0.0326. The fourth-order valence-corrected chi connectivity index (χ4v) is 4.80. The van der Waals surface area contributed by atoms with E-state index in [9.17, 15) is 9.59 Å². The molecular weight excluding hydrogens is 541 g/mol. The van der Waals surface area contributed by atoms with E-state index in [0.717, 1.165) is 11.1 Å². The van der Waals surface area contributed by atoms with Crippen LogP contribution in [0.15, 0.2) is 30.3 Å². The van der Waals surface area contributed by atoms with Crippen LogP contribution in [0.25, 0.3) is 28.0 Å². The first-order valence-corrected chi connectivity index (χ1v) is 14.1. The molecule has 2 N–H and O–H groups in total. The molecular formula is C30H36FN7O4. The molecule has 4 aromatic rings. The molecule has 11 nitrogen and oxygen atoms in total. The number of anilines is 1. The van der Waals surface area contributed by atoms with Crippen molar-refractivity contribution >= 4 is 28.5 Å². The zero-order chi connectivity index (χ0) is 30.2. The molecule has 0 spiro atoms. The third-order valence-corrected chi connectivity index (χ3v) is 7.04. The van der Waals surface area contributed by atoms with Crippen molar-refractivity contribution in [2.75, 3.05) is 37.7 Å². The Hall–Kier alpha value is -4.32. The van der Waals surface area contributed by atoms with Gasteiger partial charge in [-0.1, -0.05) is 13.8 Å².